The van der Waals surface area contributed by atoms with Crippen LogP contribution in [-0.2, 0) is 6.54 Å². The molecule has 4 nitrogen and oxygen atoms in total. The highest BCUT2D eigenvalue weighted by molar-refractivity contribution is 6.31. The molecule has 1 aromatic heterocycles. The van der Waals surface area contributed by atoms with Gasteiger partial charge in [-0.3, -0.25) is 9.78 Å². The molecule has 2 aromatic carbocycles. The van der Waals surface area contributed by atoms with E-state index in [1.54, 1.807) is 18.2 Å². The summed E-state index contributed by atoms with van der Waals surface area (Å²) in [5, 5.41) is 5.97. The Labute approximate surface area is 156 Å². The Kier molecular flexibility index (Phi) is 5.49. The Balaban J connectivity index is 1.69. The first-order valence-electron chi connectivity index (χ1n) is 8.04. The number of halogens is 2. The molecule has 0 saturated heterocycles. The van der Waals surface area contributed by atoms with Crippen LogP contribution in [0.1, 0.15) is 21.6 Å². The van der Waals surface area contributed by atoms with Crippen LogP contribution >= 0.6 is 11.6 Å². The second-order valence-corrected chi connectivity index (χ2v) is 6.20. The minimum absolute atomic E-state index is 0.0280. The Morgan fingerprint density at radius 1 is 1.12 bits per heavy atom. The lowest BCUT2D eigenvalue weighted by molar-refractivity contribution is 0.0946. The third kappa shape index (κ3) is 4.37. The number of carbonyl (C=O) groups is 1. The highest BCUT2D eigenvalue weighted by Crippen LogP contribution is 2.22. The predicted octanol–water partition coefficient (Wildman–Crippen LogP) is 4.86. The molecule has 2 N–H and O–H groups in total. The molecule has 132 valence electrons. The fraction of sp³-hybridized carbons (Fsp3) is 0.100. The molecule has 0 fully saturated rings. The van der Waals surface area contributed by atoms with Crippen molar-refractivity contribution in [3.05, 3.63) is 88.5 Å². The van der Waals surface area contributed by atoms with Gasteiger partial charge in [0.1, 0.15) is 11.5 Å². The molecule has 3 rings (SSSR count). The summed E-state index contributed by atoms with van der Waals surface area (Å²) in [6, 6.07) is 15.5. The summed E-state index contributed by atoms with van der Waals surface area (Å²) in [5.41, 5.74) is 3.73. The maximum absolute atomic E-state index is 13.2. The Morgan fingerprint density at radius 3 is 2.65 bits per heavy atom. The first-order valence-corrected chi connectivity index (χ1v) is 8.41. The van der Waals surface area contributed by atoms with E-state index in [0.29, 0.717) is 17.9 Å². The van der Waals surface area contributed by atoms with E-state index in [1.807, 2.05) is 31.2 Å². The number of rotatable bonds is 5. The Hall–Kier alpha value is -2.92. The van der Waals surface area contributed by atoms with Crippen molar-refractivity contribution in [1.82, 2.24) is 10.3 Å². The maximum Gasteiger partial charge on any atom is 0.270 e. The van der Waals surface area contributed by atoms with Gasteiger partial charge in [-0.15, -0.1) is 0 Å². The van der Waals surface area contributed by atoms with Gasteiger partial charge < -0.3 is 10.6 Å². The lowest BCUT2D eigenvalue weighted by Gasteiger charge is -2.10. The molecule has 0 atom stereocenters. The molecule has 0 aliphatic heterocycles. The first-order chi connectivity index (χ1) is 12.5. The van der Waals surface area contributed by atoms with Gasteiger partial charge in [0, 0.05) is 24.1 Å². The number of amides is 1. The third-order valence-corrected chi connectivity index (χ3v) is 4.19. The average molecular weight is 370 g/mol. The largest absolute Gasteiger partial charge is 0.355 e. The highest BCUT2D eigenvalue weighted by Gasteiger charge is 2.09. The number of carbonyl (C=O) groups excluding carboxylic acids is 1. The van der Waals surface area contributed by atoms with Crippen LogP contribution in [0.25, 0.3) is 0 Å². The van der Waals surface area contributed by atoms with Crippen LogP contribution in [0.3, 0.4) is 0 Å². The van der Waals surface area contributed by atoms with Gasteiger partial charge in [-0.25, -0.2) is 4.39 Å². The maximum atomic E-state index is 13.2. The Bertz CT molecular complexity index is 946. The van der Waals surface area contributed by atoms with Gasteiger partial charge in [-0.05, 0) is 48.4 Å². The molecular weight excluding hydrogens is 353 g/mol. The molecule has 0 spiro atoms. The van der Waals surface area contributed by atoms with Gasteiger partial charge in [0.05, 0.1) is 5.02 Å². The number of hydrogen-bond acceptors (Lipinski definition) is 3. The third-order valence-electron chi connectivity index (χ3n) is 3.90. The van der Waals surface area contributed by atoms with Crippen LogP contribution in [0.5, 0.6) is 0 Å². The molecule has 1 amide bonds. The normalized spacial score (nSPS) is 10.4. The molecule has 26 heavy (non-hydrogen) atoms. The van der Waals surface area contributed by atoms with Crippen molar-refractivity contribution in [3.63, 3.8) is 0 Å². The summed E-state index contributed by atoms with van der Waals surface area (Å²) in [6.45, 7) is 2.43. The van der Waals surface area contributed by atoms with E-state index in [4.69, 9.17) is 11.6 Å². The Morgan fingerprint density at radius 2 is 1.88 bits per heavy atom. The van der Waals surface area contributed by atoms with Crippen molar-refractivity contribution >= 4 is 28.9 Å². The summed E-state index contributed by atoms with van der Waals surface area (Å²) in [7, 11) is 0. The lowest BCUT2D eigenvalue weighted by atomic mass is 10.1. The predicted molar refractivity (Wildman–Crippen MR) is 101 cm³/mol. The van der Waals surface area contributed by atoms with E-state index in [1.165, 1.54) is 18.3 Å². The molecular formula is C20H17ClFN3O. The van der Waals surface area contributed by atoms with Crippen LogP contribution in [0.2, 0.25) is 5.02 Å². The zero-order valence-electron chi connectivity index (χ0n) is 14.1. The number of pyridine rings is 1. The number of anilines is 2. The van der Waals surface area contributed by atoms with Crippen LogP contribution in [-0.4, -0.2) is 10.9 Å². The van der Waals surface area contributed by atoms with Crippen molar-refractivity contribution < 1.29 is 9.18 Å². The van der Waals surface area contributed by atoms with Crippen LogP contribution < -0.4 is 10.6 Å². The molecule has 6 heteroatoms. The SMILES string of the molecule is Cc1ccccc1CNC(=O)c1cc(Nc2ccc(F)c(Cl)c2)ccn1. The van der Waals surface area contributed by atoms with Crippen molar-refractivity contribution in [2.45, 2.75) is 13.5 Å². The molecule has 0 unspecified atom stereocenters. The minimum atomic E-state index is -0.483. The number of benzene rings is 2. The summed E-state index contributed by atoms with van der Waals surface area (Å²) < 4.78 is 13.2. The van der Waals surface area contributed by atoms with Gasteiger partial charge in [-0.1, -0.05) is 35.9 Å². The van der Waals surface area contributed by atoms with Gasteiger partial charge >= 0.3 is 0 Å². The van der Waals surface area contributed by atoms with Gasteiger partial charge in [-0.2, -0.15) is 0 Å². The van der Waals surface area contributed by atoms with Crippen molar-refractivity contribution in [3.8, 4) is 0 Å². The fourth-order valence-corrected chi connectivity index (χ4v) is 2.63. The summed E-state index contributed by atoms with van der Waals surface area (Å²) in [4.78, 5) is 16.5. The van der Waals surface area contributed by atoms with Gasteiger partial charge in [0.15, 0.2) is 0 Å². The van der Waals surface area contributed by atoms with Crippen molar-refractivity contribution in [1.29, 1.82) is 0 Å². The van der Waals surface area contributed by atoms with E-state index >= 15 is 0 Å². The molecule has 0 aliphatic carbocycles. The van der Waals surface area contributed by atoms with E-state index in [-0.39, 0.29) is 16.6 Å². The smallest absolute Gasteiger partial charge is 0.270 e. The van der Waals surface area contributed by atoms with Crippen LogP contribution in [0, 0.1) is 12.7 Å². The van der Waals surface area contributed by atoms with E-state index < -0.39 is 5.82 Å². The minimum Gasteiger partial charge on any atom is -0.355 e. The molecule has 0 saturated carbocycles. The molecule has 3 aromatic rings. The fourth-order valence-electron chi connectivity index (χ4n) is 2.45. The molecule has 0 bridgehead atoms. The molecule has 0 aliphatic rings. The second-order valence-electron chi connectivity index (χ2n) is 5.79. The number of nitrogens with zero attached hydrogens (tertiary/aromatic N) is 1. The summed E-state index contributed by atoms with van der Waals surface area (Å²) in [6.07, 6.45) is 1.54. The monoisotopic (exact) mass is 369 g/mol. The zero-order valence-corrected chi connectivity index (χ0v) is 14.8. The number of hydrogen-bond donors (Lipinski definition) is 2. The zero-order chi connectivity index (χ0) is 18.5. The number of aromatic nitrogens is 1. The lowest BCUT2D eigenvalue weighted by Crippen LogP contribution is -2.24. The molecule has 1 heterocycles. The topological polar surface area (TPSA) is 54.0 Å². The van der Waals surface area contributed by atoms with Gasteiger partial charge in [0.25, 0.3) is 5.91 Å². The number of nitrogens with one attached hydrogen (secondary N) is 2. The second kappa shape index (κ2) is 7.97. The number of aryl methyl sites for hydroxylation is 1. The van der Waals surface area contributed by atoms with E-state index in [9.17, 15) is 9.18 Å². The van der Waals surface area contributed by atoms with E-state index in [2.05, 4.69) is 15.6 Å². The standard InChI is InChI=1S/C20H17ClFN3O/c1-13-4-2-3-5-14(13)12-24-20(26)19-11-16(8-9-23-19)25-15-6-7-18(22)17(21)10-15/h2-11H,12H2,1H3,(H,23,25)(H,24,26). The van der Waals surface area contributed by atoms with Crippen molar-refractivity contribution in [2.75, 3.05) is 5.32 Å². The molecule has 0 radical (unpaired) electrons. The quantitative estimate of drug-likeness (QED) is 0.675. The summed E-state index contributed by atoms with van der Waals surface area (Å²) >= 11 is 5.78. The van der Waals surface area contributed by atoms with E-state index in [0.717, 1.165) is 11.1 Å². The van der Waals surface area contributed by atoms with Crippen LogP contribution in [0.15, 0.2) is 60.8 Å². The first kappa shape index (κ1) is 17.9. The summed E-state index contributed by atoms with van der Waals surface area (Å²) in [5.74, 6) is -0.753. The van der Waals surface area contributed by atoms with Crippen LogP contribution in [0.4, 0.5) is 15.8 Å². The van der Waals surface area contributed by atoms with Crippen molar-refractivity contribution in [2.24, 2.45) is 0 Å². The average Bonchev–Trinajstić information content (AvgIpc) is 2.64. The highest BCUT2D eigenvalue weighted by atomic mass is 35.5. The van der Waals surface area contributed by atoms with Gasteiger partial charge in [0.2, 0.25) is 0 Å².